The lowest BCUT2D eigenvalue weighted by molar-refractivity contribution is -0.139. The van der Waals surface area contributed by atoms with Crippen LogP contribution in [-0.2, 0) is 4.79 Å². The Balaban J connectivity index is 4.53. The molecule has 0 aromatic carbocycles. The van der Waals surface area contributed by atoms with E-state index in [-0.39, 0.29) is 12.3 Å². The first kappa shape index (κ1) is 16.2. The normalized spacial score (nSPS) is 11.7. The molecule has 0 aromatic heterocycles. The van der Waals surface area contributed by atoms with Crippen molar-refractivity contribution in [3.05, 3.63) is 0 Å². The van der Waals surface area contributed by atoms with Gasteiger partial charge in [-0.05, 0) is 12.3 Å². The van der Waals surface area contributed by atoms with Crippen molar-refractivity contribution < 1.29 is 14.7 Å². The number of aliphatic carboxylic acids is 1. The van der Waals surface area contributed by atoms with E-state index < -0.39 is 18.0 Å². The number of amides is 2. The zero-order valence-corrected chi connectivity index (χ0v) is 11.1. The van der Waals surface area contributed by atoms with E-state index in [1.54, 1.807) is 6.92 Å². The van der Waals surface area contributed by atoms with E-state index in [1.807, 2.05) is 19.9 Å². The molecule has 0 radical (unpaired) electrons. The molecule has 0 saturated carbocycles. The molecule has 6 nitrogen and oxygen atoms in total. The van der Waals surface area contributed by atoms with E-state index in [2.05, 4.69) is 5.32 Å². The number of rotatable bonds is 7. The van der Waals surface area contributed by atoms with Gasteiger partial charge in [-0.15, -0.1) is 0 Å². The van der Waals surface area contributed by atoms with Crippen molar-refractivity contribution in [2.45, 2.75) is 39.7 Å². The van der Waals surface area contributed by atoms with Crippen LogP contribution in [0.5, 0.6) is 0 Å². The van der Waals surface area contributed by atoms with Crippen LogP contribution in [0.2, 0.25) is 0 Å². The van der Waals surface area contributed by atoms with Gasteiger partial charge in [0.15, 0.2) is 0 Å². The summed E-state index contributed by atoms with van der Waals surface area (Å²) in [6.45, 7) is 6.43. The van der Waals surface area contributed by atoms with Gasteiger partial charge in [0.2, 0.25) is 0 Å². The van der Waals surface area contributed by atoms with Crippen LogP contribution >= 0.6 is 0 Å². The Bertz CT molecular complexity index is 323. The highest BCUT2D eigenvalue weighted by Crippen LogP contribution is 2.02. The van der Waals surface area contributed by atoms with Crippen LogP contribution in [0, 0.1) is 17.2 Å². The zero-order valence-electron chi connectivity index (χ0n) is 11.1. The van der Waals surface area contributed by atoms with E-state index in [1.165, 1.54) is 4.90 Å². The van der Waals surface area contributed by atoms with Gasteiger partial charge < -0.3 is 15.3 Å². The number of nitrogens with zero attached hydrogens (tertiary/aromatic N) is 2. The Labute approximate surface area is 108 Å². The number of hydrogen-bond acceptors (Lipinski definition) is 3. The van der Waals surface area contributed by atoms with Crippen molar-refractivity contribution in [3.63, 3.8) is 0 Å². The Morgan fingerprint density at radius 1 is 1.44 bits per heavy atom. The number of hydrogen-bond donors (Lipinski definition) is 2. The number of nitriles is 1. The highest BCUT2D eigenvalue weighted by Gasteiger charge is 2.21. The third-order valence-corrected chi connectivity index (χ3v) is 2.37. The average Bonchev–Trinajstić information content (AvgIpc) is 2.30. The van der Waals surface area contributed by atoms with Crippen molar-refractivity contribution in [2.24, 2.45) is 5.92 Å². The van der Waals surface area contributed by atoms with Gasteiger partial charge in [-0.25, -0.2) is 9.59 Å². The van der Waals surface area contributed by atoms with Gasteiger partial charge in [0.05, 0.1) is 12.5 Å². The lowest BCUT2D eigenvalue weighted by Crippen LogP contribution is -2.48. The van der Waals surface area contributed by atoms with E-state index in [0.29, 0.717) is 19.5 Å². The molecule has 1 unspecified atom stereocenters. The lowest BCUT2D eigenvalue weighted by atomic mass is 10.2. The Kier molecular flexibility index (Phi) is 7.52. The largest absolute Gasteiger partial charge is 0.480 e. The van der Waals surface area contributed by atoms with Crippen molar-refractivity contribution >= 4 is 12.0 Å². The summed E-state index contributed by atoms with van der Waals surface area (Å²) in [6, 6.07) is 0.675. The molecule has 2 amide bonds. The minimum atomic E-state index is -1.05. The van der Waals surface area contributed by atoms with E-state index in [0.717, 1.165) is 0 Å². The van der Waals surface area contributed by atoms with Gasteiger partial charge in [-0.3, -0.25) is 0 Å². The van der Waals surface area contributed by atoms with Crippen LogP contribution in [0.15, 0.2) is 0 Å². The SMILES string of the molecule is CCC(NC(=O)N(CCC#N)CC(C)C)C(=O)O. The van der Waals surface area contributed by atoms with Gasteiger partial charge in [-0.1, -0.05) is 20.8 Å². The molecule has 0 spiro atoms. The molecular formula is C12H21N3O3. The van der Waals surface area contributed by atoms with Crippen molar-refractivity contribution in [1.29, 1.82) is 5.26 Å². The molecule has 18 heavy (non-hydrogen) atoms. The van der Waals surface area contributed by atoms with Crippen molar-refractivity contribution in [1.82, 2.24) is 10.2 Å². The number of urea groups is 1. The second kappa shape index (κ2) is 8.34. The molecule has 0 rings (SSSR count). The van der Waals surface area contributed by atoms with Gasteiger partial charge in [-0.2, -0.15) is 5.26 Å². The highest BCUT2D eigenvalue weighted by molar-refractivity contribution is 5.82. The quantitative estimate of drug-likeness (QED) is 0.719. The average molecular weight is 255 g/mol. The molecule has 1 atom stereocenters. The zero-order chi connectivity index (χ0) is 14.1. The first-order valence-electron chi connectivity index (χ1n) is 6.07. The van der Waals surface area contributed by atoms with Crippen LogP contribution in [0.25, 0.3) is 0 Å². The third-order valence-electron chi connectivity index (χ3n) is 2.37. The molecule has 6 heteroatoms. The third kappa shape index (κ3) is 6.09. The summed E-state index contributed by atoms with van der Waals surface area (Å²) in [6.07, 6.45) is 0.568. The summed E-state index contributed by atoms with van der Waals surface area (Å²) in [4.78, 5) is 24.2. The molecular weight excluding hydrogens is 234 g/mol. The molecule has 0 aliphatic rings. The lowest BCUT2D eigenvalue weighted by Gasteiger charge is -2.25. The second-order valence-corrected chi connectivity index (χ2v) is 4.50. The van der Waals surface area contributed by atoms with Crippen molar-refractivity contribution in [2.75, 3.05) is 13.1 Å². The first-order valence-corrected chi connectivity index (χ1v) is 6.07. The van der Waals surface area contributed by atoms with Crippen LogP contribution in [0.4, 0.5) is 4.79 Å². The summed E-state index contributed by atoms with van der Waals surface area (Å²) in [5, 5.41) is 19.9. The van der Waals surface area contributed by atoms with Gasteiger partial charge in [0.25, 0.3) is 0 Å². The predicted molar refractivity (Wildman–Crippen MR) is 66.9 cm³/mol. The predicted octanol–water partition coefficient (Wildman–Crippen LogP) is 1.43. The molecule has 0 aliphatic carbocycles. The van der Waals surface area contributed by atoms with Crippen molar-refractivity contribution in [3.8, 4) is 6.07 Å². The Morgan fingerprint density at radius 3 is 2.44 bits per heavy atom. The fourth-order valence-electron chi connectivity index (χ4n) is 1.48. The molecule has 102 valence electrons. The van der Waals surface area contributed by atoms with E-state index in [9.17, 15) is 9.59 Å². The minimum Gasteiger partial charge on any atom is -0.480 e. The minimum absolute atomic E-state index is 0.240. The first-order chi connectivity index (χ1) is 8.42. The number of carboxylic acids is 1. The number of carboxylic acid groups (broad SMARTS) is 1. The van der Waals surface area contributed by atoms with Crippen LogP contribution < -0.4 is 5.32 Å². The van der Waals surface area contributed by atoms with Crippen LogP contribution in [-0.4, -0.2) is 41.1 Å². The van der Waals surface area contributed by atoms with Gasteiger partial charge in [0, 0.05) is 13.1 Å². The van der Waals surface area contributed by atoms with Crippen LogP contribution in [0.3, 0.4) is 0 Å². The van der Waals surface area contributed by atoms with E-state index in [4.69, 9.17) is 10.4 Å². The maximum Gasteiger partial charge on any atom is 0.326 e. The summed E-state index contributed by atoms with van der Waals surface area (Å²) < 4.78 is 0. The summed E-state index contributed by atoms with van der Waals surface area (Å²) in [7, 11) is 0. The number of carbonyl (C=O) groups is 2. The molecule has 0 saturated heterocycles. The fraction of sp³-hybridized carbons (Fsp3) is 0.750. The summed E-state index contributed by atoms with van der Waals surface area (Å²) in [5.41, 5.74) is 0. The number of carbonyl (C=O) groups excluding carboxylic acids is 1. The molecule has 0 fully saturated rings. The molecule has 0 aromatic rings. The summed E-state index contributed by atoms with van der Waals surface area (Å²) >= 11 is 0. The Hall–Kier alpha value is -1.77. The molecule has 0 heterocycles. The highest BCUT2D eigenvalue weighted by atomic mass is 16.4. The maximum atomic E-state index is 11.9. The van der Waals surface area contributed by atoms with E-state index >= 15 is 0 Å². The monoisotopic (exact) mass is 255 g/mol. The fourth-order valence-corrected chi connectivity index (χ4v) is 1.48. The smallest absolute Gasteiger partial charge is 0.326 e. The Morgan fingerprint density at radius 2 is 2.06 bits per heavy atom. The second-order valence-electron chi connectivity index (χ2n) is 4.50. The molecule has 0 aliphatic heterocycles. The number of nitrogens with one attached hydrogen (secondary N) is 1. The summed E-state index contributed by atoms with van der Waals surface area (Å²) in [5.74, 6) is -0.782. The molecule has 2 N–H and O–H groups in total. The van der Waals surface area contributed by atoms with Gasteiger partial charge in [0.1, 0.15) is 6.04 Å². The molecule has 0 bridgehead atoms. The maximum absolute atomic E-state index is 11.9. The standard InChI is InChI=1S/C12H21N3O3/c1-4-10(11(16)17)14-12(18)15(7-5-6-13)8-9(2)3/h9-10H,4-5,7-8H2,1-3H3,(H,14,18)(H,16,17). The topological polar surface area (TPSA) is 93.4 Å². The van der Waals surface area contributed by atoms with Crippen LogP contribution in [0.1, 0.15) is 33.6 Å². The van der Waals surface area contributed by atoms with Gasteiger partial charge >= 0.3 is 12.0 Å².